The molecule has 0 spiro atoms. The molecule has 1 aromatic heterocycles. The van der Waals surface area contributed by atoms with Crippen molar-refractivity contribution in [2.75, 3.05) is 14.2 Å². The van der Waals surface area contributed by atoms with E-state index in [0.717, 1.165) is 22.7 Å². The van der Waals surface area contributed by atoms with Gasteiger partial charge in [-0.2, -0.15) is 0 Å². The second kappa shape index (κ2) is 8.68. The number of rotatable bonds is 7. The number of nitrogens with one attached hydrogen (secondary N) is 1. The Labute approximate surface area is 163 Å². The zero-order valence-electron chi connectivity index (χ0n) is 15.6. The summed E-state index contributed by atoms with van der Waals surface area (Å²) in [5.74, 6) is 1.25. The van der Waals surface area contributed by atoms with Crippen molar-refractivity contribution in [2.24, 2.45) is 0 Å². The monoisotopic (exact) mass is 382 g/mol. The zero-order chi connectivity index (χ0) is 19.2. The lowest BCUT2D eigenvalue weighted by Crippen LogP contribution is -2.28. The van der Waals surface area contributed by atoms with Gasteiger partial charge in [0.05, 0.1) is 26.0 Å². The molecular formula is C21H22N2O3S. The maximum atomic E-state index is 12.5. The van der Waals surface area contributed by atoms with Crippen LogP contribution in [0.4, 0.5) is 0 Å². The van der Waals surface area contributed by atoms with Crippen molar-refractivity contribution in [3.63, 3.8) is 0 Å². The van der Waals surface area contributed by atoms with Crippen LogP contribution in [0.3, 0.4) is 0 Å². The van der Waals surface area contributed by atoms with Crippen LogP contribution in [0.2, 0.25) is 0 Å². The average molecular weight is 382 g/mol. The number of carbonyl (C=O) groups is 1. The minimum atomic E-state index is -0.128. The maximum Gasteiger partial charge on any atom is 0.251 e. The molecule has 0 aliphatic carbocycles. The van der Waals surface area contributed by atoms with Crippen molar-refractivity contribution in [3.05, 3.63) is 64.5 Å². The Morgan fingerprint density at radius 1 is 1.11 bits per heavy atom. The lowest BCUT2D eigenvalue weighted by atomic mass is 10.1. The third kappa shape index (κ3) is 4.28. The highest BCUT2D eigenvalue weighted by atomic mass is 32.1. The highest BCUT2D eigenvalue weighted by Crippen LogP contribution is 2.33. The zero-order valence-corrected chi connectivity index (χ0v) is 16.4. The molecule has 1 amide bonds. The average Bonchev–Trinajstić information content (AvgIpc) is 3.21. The van der Waals surface area contributed by atoms with Gasteiger partial charge < -0.3 is 14.8 Å². The van der Waals surface area contributed by atoms with Crippen molar-refractivity contribution >= 4 is 17.2 Å². The predicted molar refractivity (Wildman–Crippen MR) is 108 cm³/mol. The highest BCUT2D eigenvalue weighted by Gasteiger charge is 2.18. The number of nitrogens with zero attached hydrogens (tertiary/aromatic N) is 1. The second-order valence-corrected chi connectivity index (χ2v) is 6.83. The molecule has 0 aliphatic rings. The number of amides is 1. The van der Waals surface area contributed by atoms with Gasteiger partial charge in [-0.15, -0.1) is 11.3 Å². The van der Waals surface area contributed by atoms with E-state index in [2.05, 4.69) is 5.32 Å². The molecule has 140 valence electrons. The number of thiazole rings is 1. The van der Waals surface area contributed by atoms with Gasteiger partial charge in [-0.3, -0.25) is 4.79 Å². The molecule has 0 radical (unpaired) electrons. The molecule has 1 atom stereocenters. The van der Waals surface area contributed by atoms with Crippen molar-refractivity contribution in [2.45, 2.75) is 19.4 Å². The van der Waals surface area contributed by atoms with Gasteiger partial charge in [0.25, 0.3) is 5.91 Å². The van der Waals surface area contributed by atoms with E-state index in [0.29, 0.717) is 17.1 Å². The van der Waals surface area contributed by atoms with Crippen LogP contribution in [0.15, 0.2) is 53.9 Å². The first-order chi connectivity index (χ1) is 13.2. The number of carbonyl (C=O) groups excluding carboxylic acids is 1. The number of methoxy groups -OCH3 is 2. The summed E-state index contributed by atoms with van der Waals surface area (Å²) >= 11 is 1.54. The molecule has 3 rings (SSSR count). The van der Waals surface area contributed by atoms with Crippen molar-refractivity contribution in [1.29, 1.82) is 0 Å². The molecule has 2 aromatic carbocycles. The first kappa shape index (κ1) is 18.9. The maximum absolute atomic E-state index is 12.5. The fourth-order valence-corrected chi connectivity index (χ4v) is 3.71. The van der Waals surface area contributed by atoms with E-state index in [-0.39, 0.29) is 11.9 Å². The highest BCUT2D eigenvalue weighted by molar-refractivity contribution is 7.10. The van der Waals surface area contributed by atoms with Crippen LogP contribution in [0.1, 0.15) is 34.8 Å². The van der Waals surface area contributed by atoms with E-state index in [9.17, 15) is 4.79 Å². The topological polar surface area (TPSA) is 60.5 Å². The van der Waals surface area contributed by atoms with Crippen LogP contribution in [0, 0.1) is 0 Å². The summed E-state index contributed by atoms with van der Waals surface area (Å²) in [6.07, 6.45) is 0.761. The third-order valence-corrected chi connectivity index (χ3v) is 5.21. The molecule has 6 heteroatoms. The summed E-state index contributed by atoms with van der Waals surface area (Å²) in [5.41, 5.74) is 2.44. The largest absolute Gasteiger partial charge is 0.493 e. The van der Waals surface area contributed by atoms with Gasteiger partial charge in [0.2, 0.25) is 0 Å². The molecule has 1 unspecified atom stereocenters. The molecular weight excluding hydrogens is 360 g/mol. The number of hydrogen-bond donors (Lipinski definition) is 1. The van der Waals surface area contributed by atoms with E-state index in [4.69, 9.17) is 14.5 Å². The summed E-state index contributed by atoms with van der Waals surface area (Å²) in [5, 5.41) is 5.94. The molecule has 0 saturated heterocycles. The molecule has 0 saturated carbocycles. The van der Waals surface area contributed by atoms with Crippen molar-refractivity contribution in [3.8, 4) is 22.8 Å². The Kier molecular flexibility index (Phi) is 6.08. The lowest BCUT2D eigenvalue weighted by molar-refractivity contribution is 0.0935. The quantitative estimate of drug-likeness (QED) is 0.643. The number of ether oxygens (including phenoxy) is 2. The molecule has 0 aliphatic heterocycles. The number of hydrogen-bond acceptors (Lipinski definition) is 5. The van der Waals surface area contributed by atoms with Gasteiger partial charge in [-0.05, 0) is 36.8 Å². The Balaban J connectivity index is 1.80. The van der Waals surface area contributed by atoms with E-state index in [1.807, 2.05) is 48.7 Å². The van der Waals surface area contributed by atoms with Crippen molar-refractivity contribution in [1.82, 2.24) is 10.3 Å². The molecule has 3 aromatic rings. The Morgan fingerprint density at radius 2 is 1.85 bits per heavy atom. The SMILES string of the molecule is CCC(NC(=O)c1ccccc1)c1nc(-c2ccc(OC)c(OC)c2)cs1. The molecule has 0 fully saturated rings. The van der Waals surface area contributed by atoms with Crippen LogP contribution in [-0.4, -0.2) is 25.1 Å². The molecule has 27 heavy (non-hydrogen) atoms. The number of aromatic nitrogens is 1. The van der Waals surface area contributed by atoms with Gasteiger partial charge >= 0.3 is 0 Å². The van der Waals surface area contributed by atoms with Gasteiger partial charge in [0.15, 0.2) is 11.5 Å². The first-order valence-electron chi connectivity index (χ1n) is 8.70. The third-order valence-electron chi connectivity index (χ3n) is 4.25. The molecule has 0 bridgehead atoms. The van der Waals surface area contributed by atoms with E-state index in [1.165, 1.54) is 11.3 Å². The Bertz CT molecular complexity index is 909. The van der Waals surface area contributed by atoms with Gasteiger partial charge in [0.1, 0.15) is 5.01 Å². The van der Waals surface area contributed by atoms with Gasteiger partial charge in [0, 0.05) is 16.5 Å². The molecule has 1 N–H and O–H groups in total. The molecule has 1 heterocycles. The van der Waals surface area contributed by atoms with E-state index in [1.54, 1.807) is 26.4 Å². The summed E-state index contributed by atoms with van der Waals surface area (Å²) < 4.78 is 10.7. The predicted octanol–water partition coefficient (Wildman–Crippen LogP) is 4.71. The van der Waals surface area contributed by atoms with Crippen LogP contribution >= 0.6 is 11.3 Å². The van der Waals surface area contributed by atoms with E-state index < -0.39 is 0 Å². The Hall–Kier alpha value is -2.86. The summed E-state index contributed by atoms with van der Waals surface area (Å²) in [4.78, 5) is 17.2. The summed E-state index contributed by atoms with van der Waals surface area (Å²) in [6, 6.07) is 14.8. The number of benzene rings is 2. The normalized spacial score (nSPS) is 11.7. The first-order valence-corrected chi connectivity index (χ1v) is 9.58. The van der Waals surface area contributed by atoms with Crippen LogP contribution in [0.5, 0.6) is 11.5 Å². The minimum absolute atomic E-state index is 0.0923. The Morgan fingerprint density at radius 3 is 2.52 bits per heavy atom. The fraction of sp³-hybridized carbons (Fsp3) is 0.238. The minimum Gasteiger partial charge on any atom is -0.493 e. The van der Waals surface area contributed by atoms with E-state index >= 15 is 0 Å². The second-order valence-electron chi connectivity index (χ2n) is 5.94. The van der Waals surface area contributed by atoms with Crippen LogP contribution in [0.25, 0.3) is 11.3 Å². The fourth-order valence-electron chi connectivity index (χ4n) is 2.75. The van der Waals surface area contributed by atoms with Crippen LogP contribution in [-0.2, 0) is 0 Å². The lowest BCUT2D eigenvalue weighted by Gasteiger charge is -2.14. The van der Waals surface area contributed by atoms with Gasteiger partial charge in [-0.1, -0.05) is 25.1 Å². The molecule has 5 nitrogen and oxygen atoms in total. The van der Waals surface area contributed by atoms with Crippen LogP contribution < -0.4 is 14.8 Å². The standard InChI is InChI=1S/C21H22N2O3S/c1-4-16(22-20(24)14-8-6-5-7-9-14)21-23-17(13-27-21)15-10-11-18(25-2)19(12-15)26-3/h5-13,16H,4H2,1-3H3,(H,22,24). The summed E-state index contributed by atoms with van der Waals surface area (Å²) in [6.45, 7) is 2.04. The summed E-state index contributed by atoms with van der Waals surface area (Å²) in [7, 11) is 3.22. The smallest absolute Gasteiger partial charge is 0.251 e. The van der Waals surface area contributed by atoms with Gasteiger partial charge in [-0.25, -0.2) is 4.98 Å². The van der Waals surface area contributed by atoms with Crippen molar-refractivity contribution < 1.29 is 14.3 Å².